The second-order valence-electron chi connectivity index (χ2n) is 6.63. The van der Waals surface area contributed by atoms with Gasteiger partial charge in [0.2, 0.25) is 0 Å². The number of carbonyl (C=O) groups excluding carboxylic acids is 3. The third kappa shape index (κ3) is 4.24. The van der Waals surface area contributed by atoms with Crippen molar-refractivity contribution in [1.82, 2.24) is 5.01 Å². The summed E-state index contributed by atoms with van der Waals surface area (Å²) in [6.07, 6.45) is 0. The summed E-state index contributed by atoms with van der Waals surface area (Å²) in [5.74, 6) is -1.21. The number of rotatable bonds is 5. The first-order chi connectivity index (χ1) is 14.3. The van der Waals surface area contributed by atoms with Gasteiger partial charge < -0.3 is 10.1 Å². The fourth-order valence-electron chi connectivity index (χ4n) is 3.13. The number of ketones is 1. The van der Waals surface area contributed by atoms with Gasteiger partial charge in [-0.3, -0.25) is 9.59 Å². The number of urea groups is 1. The second kappa shape index (κ2) is 8.97. The SMILES string of the molecule is CCOC(=O)C1(C(C)=O)CN(C(=O)Nc2ccc(Br)cc2)N=C1c1ccc(Cl)cc1. The zero-order valence-electron chi connectivity index (χ0n) is 16.3. The van der Waals surface area contributed by atoms with Crippen molar-refractivity contribution in [1.29, 1.82) is 0 Å². The monoisotopic (exact) mass is 491 g/mol. The van der Waals surface area contributed by atoms with Gasteiger partial charge in [-0.1, -0.05) is 39.7 Å². The number of Topliss-reactive ketones (excluding diaryl/α,β-unsaturated/α-hetero) is 1. The topological polar surface area (TPSA) is 88.1 Å². The third-order valence-corrected chi connectivity index (χ3v) is 5.47. The highest BCUT2D eigenvalue weighted by molar-refractivity contribution is 9.10. The van der Waals surface area contributed by atoms with Crippen LogP contribution in [0.25, 0.3) is 0 Å². The molecule has 0 radical (unpaired) electrons. The number of ether oxygens (including phenoxy) is 1. The van der Waals surface area contributed by atoms with Crippen LogP contribution in [0.5, 0.6) is 0 Å². The number of hydrazone groups is 1. The first-order valence-electron chi connectivity index (χ1n) is 9.15. The Bertz CT molecular complexity index is 1010. The maximum atomic E-state index is 12.9. The van der Waals surface area contributed by atoms with Crippen molar-refractivity contribution < 1.29 is 19.1 Å². The summed E-state index contributed by atoms with van der Waals surface area (Å²) in [5.41, 5.74) is -0.526. The van der Waals surface area contributed by atoms with E-state index in [1.807, 2.05) is 0 Å². The van der Waals surface area contributed by atoms with Gasteiger partial charge in [-0.25, -0.2) is 9.80 Å². The Hall–Kier alpha value is -2.71. The number of nitrogens with one attached hydrogen (secondary N) is 1. The fraction of sp³-hybridized carbons (Fsp3) is 0.238. The van der Waals surface area contributed by atoms with Gasteiger partial charge in [0.15, 0.2) is 11.2 Å². The van der Waals surface area contributed by atoms with Crippen LogP contribution in [0, 0.1) is 5.41 Å². The van der Waals surface area contributed by atoms with Crippen molar-refractivity contribution >= 4 is 56.7 Å². The maximum Gasteiger partial charge on any atom is 0.342 e. The van der Waals surface area contributed by atoms with Gasteiger partial charge in [0, 0.05) is 15.2 Å². The molecule has 0 spiro atoms. The lowest BCUT2D eigenvalue weighted by Gasteiger charge is -2.25. The predicted octanol–water partition coefficient (Wildman–Crippen LogP) is 4.49. The van der Waals surface area contributed by atoms with Crippen molar-refractivity contribution in [3.8, 4) is 0 Å². The molecular weight excluding hydrogens is 474 g/mol. The molecule has 1 N–H and O–H groups in total. The standard InChI is InChI=1S/C21H19BrClN3O4/c1-3-30-19(28)21(13(2)27)12-26(20(29)24-17-10-6-15(22)7-11-17)25-18(21)14-4-8-16(23)9-5-14/h4-11H,3,12H2,1-2H3,(H,24,29). The number of hydrogen-bond donors (Lipinski definition) is 1. The third-order valence-electron chi connectivity index (χ3n) is 4.68. The normalized spacial score (nSPS) is 18.0. The minimum atomic E-state index is -1.72. The molecule has 1 aliphatic rings. The summed E-state index contributed by atoms with van der Waals surface area (Å²) >= 11 is 9.30. The Balaban J connectivity index is 2.00. The van der Waals surface area contributed by atoms with Crippen LogP contribution in [0.4, 0.5) is 10.5 Å². The van der Waals surface area contributed by atoms with E-state index in [4.69, 9.17) is 16.3 Å². The number of anilines is 1. The first kappa shape index (κ1) is 22.0. The number of carbonyl (C=O) groups is 3. The Morgan fingerprint density at radius 1 is 1.17 bits per heavy atom. The van der Waals surface area contributed by atoms with Crippen LogP contribution in [-0.2, 0) is 14.3 Å². The lowest BCUT2D eigenvalue weighted by Crippen LogP contribution is -2.49. The van der Waals surface area contributed by atoms with Crippen LogP contribution in [0.1, 0.15) is 19.4 Å². The van der Waals surface area contributed by atoms with E-state index < -0.39 is 23.2 Å². The van der Waals surface area contributed by atoms with Gasteiger partial charge in [-0.05, 0) is 55.8 Å². The zero-order valence-corrected chi connectivity index (χ0v) is 18.7. The van der Waals surface area contributed by atoms with E-state index in [1.54, 1.807) is 55.5 Å². The smallest absolute Gasteiger partial charge is 0.342 e. The van der Waals surface area contributed by atoms with E-state index >= 15 is 0 Å². The van der Waals surface area contributed by atoms with Crippen LogP contribution in [0.3, 0.4) is 0 Å². The highest BCUT2D eigenvalue weighted by Gasteiger charge is 2.56. The van der Waals surface area contributed by atoms with E-state index in [9.17, 15) is 14.4 Å². The van der Waals surface area contributed by atoms with Gasteiger partial charge in [-0.2, -0.15) is 5.10 Å². The minimum absolute atomic E-state index is 0.0901. The van der Waals surface area contributed by atoms with E-state index in [2.05, 4.69) is 26.3 Å². The number of halogens is 2. The Kier molecular flexibility index (Phi) is 6.58. The zero-order chi connectivity index (χ0) is 21.9. The summed E-state index contributed by atoms with van der Waals surface area (Å²) < 4.78 is 6.06. The summed E-state index contributed by atoms with van der Waals surface area (Å²) in [6, 6.07) is 13.0. The molecular formula is C21H19BrClN3O4. The molecule has 0 saturated heterocycles. The molecule has 2 amide bonds. The molecule has 7 nitrogen and oxygen atoms in total. The Morgan fingerprint density at radius 3 is 2.37 bits per heavy atom. The minimum Gasteiger partial charge on any atom is -0.465 e. The van der Waals surface area contributed by atoms with Crippen LogP contribution in [0.15, 0.2) is 58.1 Å². The quantitative estimate of drug-likeness (QED) is 0.492. The molecule has 1 atom stereocenters. The molecule has 0 fully saturated rings. The molecule has 30 heavy (non-hydrogen) atoms. The lowest BCUT2D eigenvalue weighted by atomic mass is 9.77. The van der Waals surface area contributed by atoms with Crippen molar-refractivity contribution in [2.24, 2.45) is 10.5 Å². The van der Waals surface area contributed by atoms with Gasteiger partial charge >= 0.3 is 12.0 Å². The van der Waals surface area contributed by atoms with Crippen LogP contribution < -0.4 is 5.32 Å². The molecule has 3 rings (SSSR count). The maximum absolute atomic E-state index is 12.9. The highest BCUT2D eigenvalue weighted by atomic mass is 79.9. The molecule has 1 unspecified atom stereocenters. The molecule has 2 aromatic carbocycles. The first-order valence-corrected chi connectivity index (χ1v) is 10.3. The highest BCUT2D eigenvalue weighted by Crippen LogP contribution is 2.35. The van der Waals surface area contributed by atoms with E-state index in [1.165, 1.54) is 6.92 Å². The predicted molar refractivity (Wildman–Crippen MR) is 118 cm³/mol. The largest absolute Gasteiger partial charge is 0.465 e. The number of amides is 2. The Morgan fingerprint density at radius 2 is 1.80 bits per heavy atom. The van der Waals surface area contributed by atoms with Crippen LogP contribution >= 0.6 is 27.5 Å². The summed E-state index contributed by atoms with van der Waals surface area (Å²) in [4.78, 5) is 38.5. The van der Waals surface area contributed by atoms with Gasteiger partial charge in [0.1, 0.15) is 0 Å². The summed E-state index contributed by atoms with van der Waals surface area (Å²) in [6.45, 7) is 2.77. The number of hydrogen-bond acceptors (Lipinski definition) is 5. The number of benzene rings is 2. The number of esters is 1. The lowest BCUT2D eigenvalue weighted by molar-refractivity contribution is -0.154. The molecule has 9 heteroatoms. The molecule has 0 bridgehead atoms. The van der Waals surface area contributed by atoms with E-state index in [0.717, 1.165) is 9.48 Å². The molecule has 0 saturated carbocycles. The molecule has 0 aromatic heterocycles. The van der Waals surface area contributed by atoms with E-state index in [0.29, 0.717) is 16.3 Å². The summed E-state index contributed by atoms with van der Waals surface area (Å²) in [5, 5.41) is 8.62. The van der Waals surface area contributed by atoms with Gasteiger partial charge in [0.25, 0.3) is 0 Å². The molecule has 1 heterocycles. The van der Waals surface area contributed by atoms with Crippen molar-refractivity contribution in [2.45, 2.75) is 13.8 Å². The van der Waals surface area contributed by atoms with Crippen molar-refractivity contribution in [2.75, 3.05) is 18.5 Å². The fourth-order valence-corrected chi connectivity index (χ4v) is 3.52. The molecule has 156 valence electrons. The Labute approximate surface area is 187 Å². The average molecular weight is 493 g/mol. The van der Waals surface area contributed by atoms with Crippen LogP contribution in [0.2, 0.25) is 5.02 Å². The second-order valence-corrected chi connectivity index (χ2v) is 7.98. The average Bonchev–Trinajstić information content (AvgIpc) is 3.13. The van der Waals surface area contributed by atoms with E-state index in [-0.39, 0.29) is 18.9 Å². The summed E-state index contributed by atoms with van der Waals surface area (Å²) in [7, 11) is 0. The van der Waals surface area contributed by atoms with Crippen LogP contribution in [-0.4, -0.2) is 41.7 Å². The molecule has 0 aliphatic carbocycles. The molecule has 2 aromatic rings. The number of nitrogens with zero attached hydrogens (tertiary/aromatic N) is 2. The van der Waals surface area contributed by atoms with Crippen molar-refractivity contribution in [3.05, 3.63) is 63.6 Å². The van der Waals surface area contributed by atoms with Gasteiger partial charge in [-0.15, -0.1) is 0 Å². The molecule has 1 aliphatic heterocycles. The van der Waals surface area contributed by atoms with Gasteiger partial charge in [0.05, 0.1) is 18.9 Å². The van der Waals surface area contributed by atoms with Crippen molar-refractivity contribution in [3.63, 3.8) is 0 Å².